The van der Waals surface area contributed by atoms with Crippen molar-refractivity contribution >= 4 is 73.4 Å². The highest BCUT2D eigenvalue weighted by Gasteiger charge is 2.30. The van der Waals surface area contributed by atoms with Crippen molar-refractivity contribution in [2.24, 2.45) is 0 Å². The fraction of sp³-hybridized carbons (Fsp3) is 0.0714. The first-order valence-electron chi connectivity index (χ1n) is 6.22. The molecule has 1 aromatic carbocycles. The number of alkyl halides is 3. The Bertz CT molecular complexity index is 892. The van der Waals surface area contributed by atoms with Crippen LogP contribution in [0.3, 0.4) is 0 Å². The maximum Gasteiger partial charge on any atom is 0.276 e. The zero-order valence-electron chi connectivity index (χ0n) is 11.2. The summed E-state index contributed by atoms with van der Waals surface area (Å²) in [5.41, 5.74) is 2.29. The number of benzene rings is 1. The maximum absolute atomic E-state index is 11.7. The lowest BCUT2D eigenvalue weighted by atomic mass is 10.3. The number of oxazole rings is 1. The predicted octanol–water partition coefficient (Wildman–Crippen LogP) is 4.96. The van der Waals surface area contributed by atoms with E-state index >= 15 is 0 Å². The van der Waals surface area contributed by atoms with Crippen LogP contribution < -0.4 is 5.32 Å². The molecule has 118 valence electrons. The monoisotopic (exact) mass is 433 g/mol. The smallest absolute Gasteiger partial charge is 0.276 e. The molecule has 1 amide bonds. The normalized spacial score (nSPS) is 11.7. The Morgan fingerprint density at radius 1 is 1.22 bits per heavy atom. The molecular weight excluding hydrogens is 428 g/mol. The predicted molar refractivity (Wildman–Crippen MR) is 93.9 cm³/mol. The van der Waals surface area contributed by atoms with Crippen LogP contribution in [0.4, 0.5) is 5.69 Å². The van der Waals surface area contributed by atoms with Gasteiger partial charge in [0.2, 0.25) is 5.89 Å². The summed E-state index contributed by atoms with van der Waals surface area (Å²) in [7, 11) is 0. The van der Waals surface area contributed by atoms with Crippen molar-refractivity contribution in [1.29, 1.82) is 0 Å². The second-order valence-corrected chi connectivity index (χ2v) is 7.74. The molecule has 0 aliphatic carbocycles. The molecule has 3 rings (SSSR count). The molecule has 9 heteroatoms. The third kappa shape index (κ3) is 3.77. The SMILES string of the molecule is O=C(Nc1ccc2oc(-c3cncc(Br)c3)nc2c1)C(Cl)(Cl)Cl. The van der Waals surface area contributed by atoms with Gasteiger partial charge >= 0.3 is 0 Å². The van der Waals surface area contributed by atoms with E-state index in [0.29, 0.717) is 22.7 Å². The number of halogens is 4. The number of carbonyl (C=O) groups is 1. The van der Waals surface area contributed by atoms with E-state index in [1.165, 1.54) is 0 Å². The van der Waals surface area contributed by atoms with Crippen molar-refractivity contribution in [2.45, 2.75) is 3.79 Å². The molecule has 0 saturated carbocycles. The minimum absolute atomic E-state index is 0.415. The number of hydrogen-bond donors (Lipinski definition) is 1. The molecule has 23 heavy (non-hydrogen) atoms. The van der Waals surface area contributed by atoms with E-state index in [1.54, 1.807) is 30.6 Å². The highest BCUT2D eigenvalue weighted by Crippen LogP contribution is 2.30. The Labute approximate surface area is 154 Å². The minimum Gasteiger partial charge on any atom is -0.436 e. The lowest BCUT2D eigenvalue weighted by Gasteiger charge is -2.10. The summed E-state index contributed by atoms with van der Waals surface area (Å²) in [6, 6.07) is 6.77. The zero-order chi connectivity index (χ0) is 16.6. The van der Waals surface area contributed by atoms with Gasteiger partial charge in [0.1, 0.15) is 5.52 Å². The topological polar surface area (TPSA) is 68.0 Å². The number of nitrogens with one attached hydrogen (secondary N) is 1. The molecule has 2 aromatic heterocycles. The van der Waals surface area contributed by atoms with Crippen LogP contribution in [0.2, 0.25) is 0 Å². The lowest BCUT2D eigenvalue weighted by Crippen LogP contribution is -2.26. The van der Waals surface area contributed by atoms with Crippen molar-refractivity contribution in [3.63, 3.8) is 0 Å². The van der Waals surface area contributed by atoms with Crippen LogP contribution in [0.1, 0.15) is 0 Å². The molecule has 3 aromatic rings. The van der Waals surface area contributed by atoms with Gasteiger partial charge in [-0.25, -0.2) is 4.98 Å². The number of nitrogens with zero attached hydrogens (tertiary/aromatic N) is 2. The van der Waals surface area contributed by atoms with E-state index in [-0.39, 0.29) is 0 Å². The first-order valence-corrected chi connectivity index (χ1v) is 8.15. The largest absolute Gasteiger partial charge is 0.436 e. The van der Waals surface area contributed by atoms with Gasteiger partial charge < -0.3 is 9.73 Å². The Hall–Kier alpha value is -1.34. The first-order chi connectivity index (χ1) is 10.8. The Morgan fingerprint density at radius 3 is 2.70 bits per heavy atom. The van der Waals surface area contributed by atoms with Gasteiger partial charge in [0, 0.05) is 22.6 Å². The van der Waals surface area contributed by atoms with Crippen LogP contribution >= 0.6 is 50.7 Å². The second kappa shape index (κ2) is 6.28. The van der Waals surface area contributed by atoms with Crippen LogP contribution in [0.25, 0.3) is 22.6 Å². The summed E-state index contributed by atoms with van der Waals surface area (Å²) in [4.78, 5) is 20.1. The summed E-state index contributed by atoms with van der Waals surface area (Å²) in [6.07, 6.45) is 3.30. The third-order valence-electron chi connectivity index (χ3n) is 2.85. The van der Waals surface area contributed by atoms with Gasteiger partial charge in [0.05, 0.1) is 5.56 Å². The van der Waals surface area contributed by atoms with Crippen molar-refractivity contribution in [3.8, 4) is 11.5 Å². The van der Waals surface area contributed by atoms with E-state index in [0.717, 1.165) is 10.0 Å². The molecule has 0 fully saturated rings. The maximum atomic E-state index is 11.7. The summed E-state index contributed by atoms with van der Waals surface area (Å²) >= 11 is 19.9. The molecule has 0 atom stereocenters. The van der Waals surface area contributed by atoms with E-state index < -0.39 is 9.70 Å². The third-order valence-corrected chi connectivity index (χ3v) is 3.80. The van der Waals surface area contributed by atoms with Crippen molar-refractivity contribution in [2.75, 3.05) is 5.32 Å². The van der Waals surface area contributed by atoms with E-state index in [1.807, 2.05) is 6.07 Å². The zero-order valence-corrected chi connectivity index (χ0v) is 15.0. The molecule has 0 bridgehead atoms. The number of pyridine rings is 1. The fourth-order valence-electron chi connectivity index (χ4n) is 1.86. The molecule has 0 spiro atoms. The standard InChI is InChI=1S/C14H7BrCl3N3O2/c15-8-3-7(5-19-6-8)12-21-10-4-9(1-2-11(10)23-12)20-13(22)14(16,17)18/h1-6H,(H,20,22). The number of rotatable bonds is 2. The van der Waals surface area contributed by atoms with Gasteiger partial charge in [-0.2, -0.15) is 0 Å². The van der Waals surface area contributed by atoms with Crippen LogP contribution in [0.5, 0.6) is 0 Å². The molecule has 0 unspecified atom stereocenters. The van der Waals surface area contributed by atoms with Crippen LogP contribution in [0.15, 0.2) is 45.5 Å². The molecule has 0 aliphatic heterocycles. The summed E-state index contributed by atoms with van der Waals surface area (Å²) < 4.78 is 4.45. The molecule has 5 nitrogen and oxygen atoms in total. The van der Waals surface area contributed by atoms with Gasteiger partial charge in [0.15, 0.2) is 5.58 Å². The number of fused-ring (bicyclic) bond motifs is 1. The van der Waals surface area contributed by atoms with Gasteiger partial charge in [0.25, 0.3) is 9.70 Å². The van der Waals surface area contributed by atoms with Crippen molar-refractivity contribution < 1.29 is 9.21 Å². The Morgan fingerprint density at radius 2 is 2.00 bits per heavy atom. The first kappa shape index (κ1) is 16.5. The fourth-order valence-corrected chi connectivity index (χ4v) is 2.37. The van der Waals surface area contributed by atoms with Crippen molar-refractivity contribution in [1.82, 2.24) is 9.97 Å². The van der Waals surface area contributed by atoms with Gasteiger partial charge in [-0.1, -0.05) is 34.8 Å². The lowest BCUT2D eigenvalue weighted by molar-refractivity contribution is -0.115. The Kier molecular flexibility index (Phi) is 4.51. The van der Waals surface area contributed by atoms with Crippen LogP contribution in [-0.4, -0.2) is 19.7 Å². The second-order valence-electron chi connectivity index (χ2n) is 4.55. The van der Waals surface area contributed by atoms with Gasteiger partial charge in [-0.15, -0.1) is 0 Å². The molecular formula is C14H7BrCl3N3O2. The number of amides is 1. The highest BCUT2D eigenvalue weighted by molar-refractivity contribution is 9.10. The average molecular weight is 435 g/mol. The van der Waals surface area contributed by atoms with Crippen molar-refractivity contribution in [3.05, 3.63) is 41.1 Å². The molecule has 2 heterocycles. The molecule has 0 saturated heterocycles. The minimum atomic E-state index is -2.04. The van der Waals surface area contributed by atoms with Gasteiger partial charge in [-0.05, 0) is 40.2 Å². The number of carbonyl (C=O) groups excluding carboxylic acids is 1. The number of hydrogen-bond acceptors (Lipinski definition) is 4. The number of anilines is 1. The highest BCUT2D eigenvalue weighted by atomic mass is 79.9. The molecule has 1 N–H and O–H groups in total. The number of aromatic nitrogens is 2. The molecule has 0 radical (unpaired) electrons. The summed E-state index contributed by atoms with van der Waals surface area (Å²) in [5.74, 6) is -0.333. The summed E-state index contributed by atoms with van der Waals surface area (Å²) in [6.45, 7) is 0. The van der Waals surface area contributed by atoms with E-state index in [4.69, 9.17) is 39.2 Å². The van der Waals surface area contributed by atoms with Crippen LogP contribution in [0, 0.1) is 0 Å². The van der Waals surface area contributed by atoms with Crippen LogP contribution in [-0.2, 0) is 4.79 Å². The Balaban J connectivity index is 1.94. The van der Waals surface area contributed by atoms with E-state index in [2.05, 4.69) is 31.2 Å². The van der Waals surface area contributed by atoms with Gasteiger partial charge in [-0.3, -0.25) is 9.78 Å². The average Bonchev–Trinajstić information content (AvgIpc) is 2.89. The molecule has 0 aliphatic rings. The summed E-state index contributed by atoms with van der Waals surface area (Å²) in [5, 5.41) is 2.50. The van der Waals surface area contributed by atoms with E-state index in [9.17, 15) is 4.79 Å². The quantitative estimate of drug-likeness (QED) is 0.578.